The van der Waals surface area contributed by atoms with Crippen LogP contribution in [0.2, 0.25) is 0 Å². The van der Waals surface area contributed by atoms with E-state index in [0.29, 0.717) is 0 Å². The molecule has 2 heterocycles. The minimum atomic E-state index is 0.898. The van der Waals surface area contributed by atoms with Crippen molar-refractivity contribution < 1.29 is 4.42 Å². The normalized spacial score (nSPS) is 11.8. The molecule has 2 nitrogen and oxygen atoms in total. The van der Waals surface area contributed by atoms with Gasteiger partial charge in [-0.2, -0.15) is 0 Å². The molecule has 13 rings (SSSR count). The molecule has 0 saturated heterocycles. The van der Waals surface area contributed by atoms with Crippen molar-refractivity contribution in [1.82, 2.24) is 0 Å². The van der Waals surface area contributed by atoms with Gasteiger partial charge in [0.1, 0.15) is 11.2 Å². The van der Waals surface area contributed by atoms with E-state index in [1.807, 2.05) is 11.3 Å². The molecule has 2 aromatic heterocycles. The molecule has 0 aliphatic rings. The first-order valence-corrected chi connectivity index (χ1v) is 22.3. The molecule has 0 radical (unpaired) electrons. The molecule has 0 spiro atoms. The fourth-order valence-electron chi connectivity index (χ4n) is 9.92. The molecule has 0 atom stereocenters. The second kappa shape index (κ2) is 14.3. The minimum absolute atomic E-state index is 0.898. The summed E-state index contributed by atoms with van der Waals surface area (Å²) in [7, 11) is 0. The van der Waals surface area contributed by atoms with Crippen LogP contribution in [-0.2, 0) is 0 Å². The molecule has 0 amide bonds. The van der Waals surface area contributed by atoms with Crippen molar-refractivity contribution in [2.24, 2.45) is 0 Å². The Kier molecular flexibility index (Phi) is 8.12. The van der Waals surface area contributed by atoms with Crippen molar-refractivity contribution in [2.75, 3.05) is 4.90 Å². The summed E-state index contributed by atoms with van der Waals surface area (Å²) in [6.07, 6.45) is 0. The smallest absolute Gasteiger partial charge is 0.143 e. The van der Waals surface area contributed by atoms with Crippen LogP contribution in [0.3, 0.4) is 0 Å². The van der Waals surface area contributed by atoms with Crippen molar-refractivity contribution >= 4 is 103 Å². The third-order valence-electron chi connectivity index (χ3n) is 12.9. The molecule has 0 saturated carbocycles. The van der Waals surface area contributed by atoms with Gasteiger partial charge >= 0.3 is 0 Å². The topological polar surface area (TPSA) is 16.4 Å². The average Bonchev–Trinajstić information content (AvgIpc) is 3.94. The van der Waals surface area contributed by atoms with Crippen molar-refractivity contribution in [3.05, 3.63) is 224 Å². The fourth-order valence-corrected chi connectivity index (χ4v) is 11.1. The van der Waals surface area contributed by atoms with Crippen molar-refractivity contribution in [1.29, 1.82) is 0 Å². The van der Waals surface area contributed by atoms with Crippen molar-refractivity contribution in [3.8, 4) is 33.4 Å². The van der Waals surface area contributed by atoms with Gasteiger partial charge in [0.15, 0.2) is 0 Å². The van der Waals surface area contributed by atoms with Crippen LogP contribution in [0, 0.1) is 0 Å². The lowest BCUT2D eigenvalue weighted by Gasteiger charge is -2.26. The quantitative estimate of drug-likeness (QED) is 0.155. The Hall–Kier alpha value is -7.98. The van der Waals surface area contributed by atoms with Gasteiger partial charge in [-0.3, -0.25) is 0 Å². The third-order valence-corrected chi connectivity index (χ3v) is 14.0. The summed E-state index contributed by atoms with van der Waals surface area (Å²) in [6, 6.07) is 81.7. The highest BCUT2D eigenvalue weighted by atomic mass is 32.1. The van der Waals surface area contributed by atoms with E-state index in [4.69, 9.17) is 4.42 Å². The van der Waals surface area contributed by atoms with Crippen LogP contribution < -0.4 is 4.90 Å². The number of nitrogens with zero attached hydrogens (tertiary/aromatic N) is 1. The SMILES string of the molecule is c1ccc2c(c1)cc(-c1ccc(N(c3ccc(-c4cccc5oc6c7ccccc7ccc6c45)cc3)c3ccc(-c4cccc5sc6ccccc6c45)cc3)cc1)c1ccccc12. The Morgan fingerprint density at radius 2 is 0.841 bits per heavy atom. The predicted molar refractivity (Wildman–Crippen MR) is 270 cm³/mol. The second-order valence-electron chi connectivity index (χ2n) is 16.4. The van der Waals surface area contributed by atoms with Crippen LogP contribution >= 0.6 is 11.3 Å². The zero-order valence-corrected chi connectivity index (χ0v) is 34.9. The predicted octanol–water partition coefficient (Wildman–Crippen LogP) is 17.9. The number of rotatable bonds is 6. The molecule has 0 N–H and O–H groups in total. The van der Waals surface area contributed by atoms with Crippen LogP contribution in [0.1, 0.15) is 0 Å². The van der Waals surface area contributed by atoms with Crippen LogP contribution in [0.25, 0.3) is 108 Å². The van der Waals surface area contributed by atoms with Gasteiger partial charge in [-0.1, -0.05) is 158 Å². The number of anilines is 3. The molecule has 0 aliphatic carbocycles. The standard InChI is InChI=1S/C60H37NOS/c1-4-14-49-38(11-1)29-36-53-58-47(18-9-20-55(58)62-60(49)53)39-23-30-43(31-24-39)61(44-32-25-40(26-33-44)48-19-10-22-57-59(48)52-17-7-8-21-56(52)63-57)45-34-27-41(28-35-45)54-37-42-12-2-3-13-46(42)50-15-5-6-16-51(50)54/h1-37H. The first-order chi connectivity index (χ1) is 31.2. The van der Waals surface area contributed by atoms with Crippen LogP contribution in [0.4, 0.5) is 17.1 Å². The Balaban J connectivity index is 0.931. The summed E-state index contributed by atoms with van der Waals surface area (Å²) in [5, 5.41) is 12.3. The Labute approximate surface area is 368 Å². The largest absolute Gasteiger partial charge is 0.455 e. The zero-order valence-electron chi connectivity index (χ0n) is 34.1. The van der Waals surface area contributed by atoms with Crippen LogP contribution in [0.5, 0.6) is 0 Å². The van der Waals surface area contributed by atoms with E-state index in [2.05, 4.69) is 229 Å². The molecule has 0 aliphatic heterocycles. The summed E-state index contributed by atoms with van der Waals surface area (Å²) in [5.74, 6) is 0. The molecule has 0 fully saturated rings. The van der Waals surface area contributed by atoms with Gasteiger partial charge in [0.25, 0.3) is 0 Å². The lowest BCUT2D eigenvalue weighted by molar-refractivity contribution is 0.673. The van der Waals surface area contributed by atoms with Crippen LogP contribution in [0.15, 0.2) is 229 Å². The molecule has 63 heavy (non-hydrogen) atoms. The second-order valence-corrected chi connectivity index (χ2v) is 17.5. The number of thiophene rings is 1. The minimum Gasteiger partial charge on any atom is -0.455 e. The maximum atomic E-state index is 6.57. The van der Waals surface area contributed by atoms with Gasteiger partial charge in [0, 0.05) is 53.4 Å². The molecular weight excluding hydrogens is 783 g/mol. The summed E-state index contributed by atoms with van der Waals surface area (Å²) < 4.78 is 9.19. The van der Waals surface area contributed by atoms with E-state index >= 15 is 0 Å². The van der Waals surface area contributed by atoms with E-state index in [1.54, 1.807) is 0 Å². The first-order valence-electron chi connectivity index (χ1n) is 21.5. The maximum absolute atomic E-state index is 6.57. The Morgan fingerprint density at radius 1 is 0.317 bits per heavy atom. The van der Waals surface area contributed by atoms with Gasteiger partial charge in [-0.25, -0.2) is 0 Å². The lowest BCUT2D eigenvalue weighted by Crippen LogP contribution is -2.09. The highest BCUT2D eigenvalue weighted by molar-refractivity contribution is 7.25. The number of benzene rings is 11. The summed E-state index contributed by atoms with van der Waals surface area (Å²) >= 11 is 1.86. The van der Waals surface area contributed by atoms with Crippen LogP contribution in [-0.4, -0.2) is 0 Å². The van der Waals surface area contributed by atoms with Gasteiger partial charge in [0.05, 0.1) is 0 Å². The zero-order chi connectivity index (χ0) is 41.4. The van der Waals surface area contributed by atoms with Gasteiger partial charge in [0.2, 0.25) is 0 Å². The highest BCUT2D eigenvalue weighted by Crippen LogP contribution is 2.44. The van der Waals surface area contributed by atoms with E-state index in [0.717, 1.165) is 55.5 Å². The summed E-state index contributed by atoms with van der Waals surface area (Å²) in [6.45, 7) is 0. The van der Waals surface area contributed by atoms with E-state index in [-0.39, 0.29) is 0 Å². The number of hydrogen-bond donors (Lipinski definition) is 0. The van der Waals surface area contributed by atoms with Gasteiger partial charge in [-0.15, -0.1) is 11.3 Å². The van der Waals surface area contributed by atoms with Crippen molar-refractivity contribution in [2.45, 2.75) is 0 Å². The fraction of sp³-hybridized carbons (Fsp3) is 0. The molecule has 3 heteroatoms. The molecule has 294 valence electrons. The molecule has 0 unspecified atom stereocenters. The number of hydrogen-bond acceptors (Lipinski definition) is 3. The molecule has 0 bridgehead atoms. The van der Waals surface area contributed by atoms with Gasteiger partial charge in [-0.05, 0) is 127 Å². The Bertz CT molecular complexity index is 3900. The third kappa shape index (κ3) is 5.78. The van der Waals surface area contributed by atoms with E-state index in [1.165, 1.54) is 69.4 Å². The first kappa shape index (κ1) is 35.7. The summed E-state index contributed by atoms with van der Waals surface area (Å²) in [4.78, 5) is 2.37. The number of furan rings is 1. The van der Waals surface area contributed by atoms with E-state index in [9.17, 15) is 0 Å². The lowest BCUT2D eigenvalue weighted by atomic mass is 9.93. The van der Waals surface area contributed by atoms with E-state index < -0.39 is 0 Å². The Morgan fingerprint density at radius 3 is 1.54 bits per heavy atom. The molecular formula is C60H37NOS. The maximum Gasteiger partial charge on any atom is 0.143 e. The van der Waals surface area contributed by atoms with Gasteiger partial charge < -0.3 is 9.32 Å². The number of fused-ring (bicyclic) bond motifs is 11. The molecule has 13 aromatic rings. The summed E-state index contributed by atoms with van der Waals surface area (Å²) in [5.41, 5.74) is 12.3. The molecule has 11 aromatic carbocycles. The van der Waals surface area contributed by atoms with Crippen molar-refractivity contribution in [3.63, 3.8) is 0 Å². The highest BCUT2D eigenvalue weighted by Gasteiger charge is 2.18. The monoisotopic (exact) mass is 819 g/mol. The average molecular weight is 820 g/mol.